The van der Waals surface area contributed by atoms with Crippen LogP contribution in [0.25, 0.3) is 0 Å². The van der Waals surface area contributed by atoms with Crippen molar-refractivity contribution < 1.29 is 9.59 Å². The molecule has 0 saturated carbocycles. The Morgan fingerprint density at radius 1 is 1.31 bits per heavy atom. The van der Waals surface area contributed by atoms with Crippen LogP contribution in [0.2, 0.25) is 5.02 Å². The summed E-state index contributed by atoms with van der Waals surface area (Å²) in [6, 6.07) is 5.42. The molecule has 2 aliphatic heterocycles. The lowest BCUT2D eigenvalue weighted by molar-refractivity contribution is -0.123. The molecule has 1 aromatic rings. The van der Waals surface area contributed by atoms with Gasteiger partial charge in [-0.25, -0.2) is 0 Å². The Kier molecular flexibility index (Phi) is 7.74. The van der Waals surface area contributed by atoms with E-state index in [1.807, 2.05) is 24.0 Å². The van der Waals surface area contributed by atoms with Gasteiger partial charge in [-0.05, 0) is 62.8 Å². The number of amides is 2. The number of hydrogen-bond donors (Lipinski definition) is 2. The minimum atomic E-state index is -0.0453. The molecule has 2 N–H and O–H groups in total. The van der Waals surface area contributed by atoms with Gasteiger partial charge in [0.25, 0.3) is 5.91 Å². The number of likely N-dealkylation sites (tertiary alicyclic amines) is 1. The summed E-state index contributed by atoms with van der Waals surface area (Å²) in [5.74, 6) is 0.422. The molecule has 7 heteroatoms. The van der Waals surface area contributed by atoms with Crippen LogP contribution in [0.15, 0.2) is 18.2 Å². The van der Waals surface area contributed by atoms with Crippen molar-refractivity contribution in [3.63, 3.8) is 0 Å². The van der Waals surface area contributed by atoms with Crippen LogP contribution in [-0.2, 0) is 4.79 Å². The number of rotatable bonds is 4. The zero-order valence-electron chi connectivity index (χ0n) is 15.1. The van der Waals surface area contributed by atoms with E-state index >= 15 is 0 Å². The van der Waals surface area contributed by atoms with Gasteiger partial charge in [-0.3, -0.25) is 9.59 Å². The minimum absolute atomic E-state index is 0. The maximum atomic E-state index is 12.7. The largest absolute Gasteiger partial charge is 0.354 e. The Morgan fingerprint density at radius 2 is 2.12 bits per heavy atom. The predicted octanol–water partition coefficient (Wildman–Crippen LogP) is 2.79. The molecule has 0 aliphatic carbocycles. The van der Waals surface area contributed by atoms with E-state index in [1.165, 1.54) is 0 Å². The fraction of sp³-hybridized carbons (Fsp3) is 0.579. The third-order valence-corrected chi connectivity index (χ3v) is 5.57. The highest BCUT2D eigenvalue weighted by Gasteiger charge is 2.27. The molecule has 3 rings (SSSR count). The summed E-state index contributed by atoms with van der Waals surface area (Å²) < 4.78 is 0. The van der Waals surface area contributed by atoms with Crippen molar-refractivity contribution in [2.75, 3.05) is 26.2 Å². The molecule has 26 heavy (non-hydrogen) atoms. The first kappa shape index (κ1) is 21.0. The second-order valence-electron chi connectivity index (χ2n) is 7.12. The molecule has 2 heterocycles. The summed E-state index contributed by atoms with van der Waals surface area (Å²) in [5, 5.41) is 6.88. The number of nitrogens with zero attached hydrogens (tertiary/aromatic N) is 1. The van der Waals surface area contributed by atoms with Gasteiger partial charge in [-0.15, -0.1) is 12.4 Å². The Labute approximate surface area is 166 Å². The molecule has 0 aromatic heterocycles. The van der Waals surface area contributed by atoms with Crippen molar-refractivity contribution in [1.82, 2.24) is 15.5 Å². The van der Waals surface area contributed by atoms with Gasteiger partial charge in [0.05, 0.1) is 6.04 Å². The molecule has 2 unspecified atom stereocenters. The number of carbonyl (C=O) groups is 2. The van der Waals surface area contributed by atoms with E-state index < -0.39 is 0 Å². The van der Waals surface area contributed by atoms with Gasteiger partial charge in [0, 0.05) is 30.2 Å². The Bertz CT molecular complexity index is 648. The normalized spacial score (nSPS) is 22.6. The van der Waals surface area contributed by atoms with Crippen molar-refractivity contribution in [1.29, 1.82) is 0 Å². The van der Waals surface area contributed by atoms with Crippen molar-refractivity contribution in [2.24, 2.45) is 5.92 Å². The standard InChI is InChI=1S/C19H26ClN3O2.ClH/c1-13-6-7-15(10-16(13)20)19(25)23-9-3-4-14(12-23)11-22-18(24)17-5-2-8-21-17;/h6-7,10,14,17,21H,2-5,8-9,11-12H2,1H3,(H,22,24);1H. The molecule has 2 fully saturated rings. The van der Waals surface area contributed by atoms with Crippen LogP contribution in [-0.4, -0.2) is 48.9 Å². The second-order valence-corrected chi connectivity index (χ2v) is 7.52. The number of hydrogen-bond acceptors (Lipinski definition) is 3. The smallest absolute Gasteiger partial charge is 0.253 e. The zero-order chi connectivity index (χ0) is 17.8. The van der Waals surface area contributed by atoms with Crippen LogP contribution in [0, 0.1) is 12.8 Å². The molecule has 0 radical (unpaired) electrons. The Balaban J connectivity index is 0.00000243. The van der Waals surface area contributed by atoms with Crippen molar-refractivity contribution in [3.05, 3.63) is 34.3 Å². The summed E-state index contributed by atoms with van der Waals surface area (Å²) in [6.45, 7) is 4.93. The molecular formula is C19H27Cl2N3O2. The lowest BCUT2D eigenvalue weighted by Crippen LogP contribution is -2.46. The molecule has 5 nitrogen and oxygen atoms in total. The monoisotopic (exact) mass is 399 g/mol. The average Bonchev–Trinajstić information content (AvgIpc) is 3.16. The summed E-state index contributed by atoms with van der Waals surface area (Å²) >= 11 is 6.15. The minimum Gasteiger partial charge on any atom is -0.354 e. The lowest BCUT2D eigenvalue weighted by atomic mass is 9.97. The summed E-state index contributed by atoms with van der Waals surface area (Å²) in [5.41, 5.74) is 1.61. The third kappa shape index (κ3) is 5.12. The maximum Gasteiger partial charge on any atom is 0.253 e. The van der Waals surface area contributed by atoms with Gasteiger partial charge in [0.2, 0.25) is 5.91 Å². The average molecular weight is 400 g/mol. The summed E-state index contributed by atoms with van der Waals surface area (Å²) in [4.78, 5) is 26.7. The first-order chi connectivity index (χ1) is 12.0. The first-order valence-electron chi connectivity index (χ1n) is 9.11. The predicted molar refractivity (Wildman–Crippen MR) is 106 cm³/mol. The van der Waals surface area contributed by atoms with Crippen LogP contribution >= 0.6 is 24.0 Å². The van der Waals surface area contributed by atoms with Crippen molar-refractivity contribution in [2.45, 2.75) is 38.6 Å². The highest BCUT2D eigenvalue weighted by Crippen LogP contribution is 2.21. The fourth-order valence-electron chi connectivity index (χ4n) is 3.60. The molecule has 2 atom stereocenters. The van der Waals surface area contributed by atoms with E-state index in [9.17, 15) is 9.59 Å². The molecule has 1 aromatic carbocycles. The number of carbonyl (C=O) groups excluding carboxylic acids is 2. The Morgan fingerprint density at radius 3 is 2.81 bits per heavy atom. The molecule has 2 amide bonds. The lowest BCUT2D eigenvalue weighted by Gasteiger charge is -2.33. The number of nitrogens with one attached hydrogen (secondary N) is 2. The number of benzene rings is 1. The van der Waals surface area contributed by atoms with Crippen molar-refractivity contribution in [3.8, 4) is 0 Å². The van der Waals surface area contributed by atoms with E-state index in [2.05, 4.69) is 10.6 Å². The maximum absolute atomic E-state index is 12.7. The van der Waals surface area contributed by atoms with E-state index in [1.54, 1.807) is 6.07 Å². The topological polar surface area (TPSA) is 61.4 Å². The molecule has 0 bridgehead atoms. The van der Waals surface area contributed by atoms with Crippen LogP contribution in [0.3, 0.4) is 0 Å². The third-order valence-electron chi connectivity index (χ3n) is 5.17. The number of halogens is 2. The van der Waals surface area contributed by atoms with Gasteiger partial charge in [0.15, 0.2) is 0 Å². The van der Waals surface area contributed by atoms with Crippen molar-refractivity contribution >= 4 is 35.8 Å². The van der Waals surface area contributed by atoms with Gasteiger partial charge >= 0.3 is 0 Å². The fourth-order valence-corrected chi connectivity index (χ4v) is 3.78. The van der Waals surface area contributed by atoms with E-state index in [0.29, 0.717) is 29.6 Å². The quantitative estimate of drug-likeness (QED) is 0.817. The number of aryl methyl sites for hydroxylation is 1. The van der Waals surface area contributed by atoms with E-state index in [4.69, 9.17) is 11.6 Å². The second kappa shape index (κ2) is 9.58. The van der Waals surface area contributed by atoms with Gasteiger partial charge in [-0.2, -0.15) is 0 Å². The highest BCUT2D eigenvalue weighted by molar-refractivity contribution is 6.31. The Hall–Kier alpha value is -1.30. The molecule has 0 spiro atoms. The van der Waals surface area contributed by atoms with Crippen LogP contribution in [0.1, 0.15) is 41.6 Å². The van der Waals surface area contributed by atoms with E-state index in [0.717, 1.165) is 44.3 Å². The van der Waals surface area contributed by atoms with Crippen LogP contribution in [0.4, 0.5) is 0 Å². The summed E-state index contributed by atoms with van der Waals surface area (Å²) in [6.07, 6.45) is 3.97. The van der Waals surface area contributed by atoms with Gasteiger partial charge < -0.3 is 15.5 Å². The van der Waals surface area contributed by atoms with E-state index in [-0.39, 0.29) is 30.3 Å². The molecule has 144 valence electrons. The van der Waals surface area contributed by atoms with Crippen LogP contribution < -0.4 is 10.6 Å². The molecule has 2 aliphatic rings. The molecular weight excluding hydrogens is 373 g/mol. The van der Waals surface area contributed by atoms with Crippen LogP contribution in [0.5, 0.6) is 0 Å². The zero-order valence-corrected chi connectivity index (χ0v) is 16.7. The number of piperidine rings is 1. The SMILES string of the molecule is Cc1ccc(C(=O)N2CCCC(CNC(=O)C3CCCN3)C2)cc1Cl.Cl. The first-order valence-corrected chi connectivity index (χ1v) is 9.49. The van der Waals surface area contributed by atoms with Gasteiger partial charge in [-0.1, -0.05) is 17.7 Å². The highest BCUT2D eigenvalue weighted by atomic mass is 35.5. The molecule has 2 saturated heterocycles. The van der Waals surface area contributed by atoms with Gasteiger partial charge in [0.1, 0.15) is 0 Å². The summed E-state index contributed by atoms with van der Waals surface area (Å²) in [7, 11) is 0.